The highest BCUT2D eigenvalue weighted by molar-refractivity contribution is 5.94. The number of carbonyl (C=O) groups excluding carboxylic acids is 1. The molecule has 2 aliphatic rings. The fourth-order valence-electron chi connectivity index (χ4n) is 4.67. The lowest BCUT2D eigenvalue weighted by atomic mass is 9.81. The third-order valence-corrected chi connectivity index (χ3v) is 6.09. The highest BCUT2D eigenvalue weighted by Gasteiger charge is 2.38. The molecule has 2 aliphatic heterocycles. The van der Waals surface area contributed by atoms with Crippen LogP contribution in [0.15, 0.2) is 48.5 Å². The minimum atomic E-state index is -0.321. The highest BCUT2D eigenvalue weighted by atomic mass is 19.1. The fourth-order valence-corrected chi connectivity index (χ4v) is 4.67. The van der Waals surface area contributed by atoms with E-state index in [1.165, 1.54) is 37.0 Å². The first kappa shape index (κ1) is 18.9. The smallest absolute Gasteiger partial charge is 0.251 e. The Balaban J connectivity index is 1.39. The van der Waals surface area contributed by atoms with E-state index < -0.39 is 0 Å². The van der Waals surface area contributed by atoms with Crippen LogP contribution in [0.4, 0.5) is 4.39 Å². The van der Waals surface area contributed by atoms with Gasteiger partial charge in [0.25, 0.3) is 5.91 Å². The summed E-state index contributed by atoms with van der Waals surface area (Å²) in [6.45, 7) is 0.942. The molecule has 0 aromatic heterocycles. The van der Waals surface area contributed by atoms with E-state index in [-0.39, 0.29) is 17.8 Å². The van der Waals surface area contributed by atoms with Gasteiger partial charge >= 0.3 is 0 Å². The second-order valence-corrected chi connectivity index (χ2v) is 7.91. The van der Waals surface area contributed by atoms with Crippen molar-refractivity contribution in [1.29, 1.82) is 0 Å². The summed E-state index contributed by atoms with van der Waals surface area (Å²) in [4.78, 5) is 15.1. The van der Waals surface area contributed by atoms with Crippen LogP contribution in [0, 0.1) is 5.82 Å². The van der Waals surface area contributed by atoms with Crippen LogP contribution >= 0.6 is 0 Å². The summed E-state index contributed by atoms with van der Waals surface area (Å²) >= 11 is 0. The first-order chi connectivity index (χ1) is 13.6. The van der Waals surface area contributed by atoms with Crippen LogP contribution in [0.2, 0.25) is 0 Å². The van der Waals surface area contributed by atoms with Crippen LogP contribution in [0.1, 0.15) is 48.0 Å². The van der Waals surface area contributed by atoms with E-state index in [1.54, 1.807) is 19.2 Å². The van der Waals surface area contributed by atoms with E-state index in [0.717, 1.165) is 25.1 Å². The predicted octanol–water partition coefficient (Wildman–Crippen LogP) is 4.15. The van der Waals surface area contributed by atoms with Gasteiger partial charge in [0.2, 0.25) is 0 Å². The van der Waals surface area contributed by atoms with Crippen LogP contribution in [0.5, 0.6) is 5.75 Å². The number of carbonyl (C=O) groups is 1. The molecule has 2 atom stereocenters. The summed E-state index contributed by atoms with van der Waals surface area (Å²) in [5, 5.41) is 3.18. The van der Waals surface area contributed by atoms with E-state index in [9.17, 15) is 9.18 Å². The van der Waals surface area contributed by atoms with Gasteiger partial charge in [-0.05, 0) is 67.6 Å². The Bertz CT molecular complexity index is 792. The van der Waals surface area contributed by atoms with Crippen molar-refractivity contribution < 1.29 is 13.9 Å². The maximum absolute atomic E-state index is 13.1. The Labute approximate surface area is 165 Å². The van der Waals surface area contributed by atoms with Gasteiger partial charge in [-0.15, -0.1) is 0 Å². The average Bonchev–Trinajstić information content (AvgIpc) is 2.69. The molecular formula is C23H27FN2O2. The second-order valence-electron chi connectivity index (χ2n) is 7.91. The molecule has 2 heterocycles. The third-order valence-electron chi connectivity index (χ3n) is 6.09. The van der Waals surface area contributed by atoms with E-state index in [1.807, 2.05) is 12.1 Å². The van der Waals surface area contributed by atoms with Crippen molar-refractivity contribution in [2.24, 2.45) is 0 Å². The largest absolute Gasteiger partial charge is 0.497 e. The Hall–Kier alpha value is -2.40. The Morgan fingerprint density at radius 1 is 1.07 bits per heavy atom. The minimum absolute atomic E-state index is 0.105. The monoisotopic (exact) mass is 382 g/mol. The Kier molecular flexibility index (Phi) is 5.62. The van der Waals surface area contributed by atoms with Gasteiger partial charge in [0, 0.05) is 30.2 Å². The minimum Gasteiger partial charge on any atom is -0.497 e. The standard InChI is InChI=1S/C23H27FN2O2/c1-28-22-11-5-16(6-12-22)15-26-20-3-2-4-21(26)14-19(13-20)25-23(27)17-7-9-18(24)10-8-17/h5-12,19-21H,2-4,13-15H2,1H3,(H,25,27)/t20-,21-/m0/s1. The van der Waals surface area contributed by atoms with Crippen LogP contribution in [-0.2, 0) is 6.54 Å². The van der Waals surface area contributed by atoms with Gasteiger partial charge in [-0.25, -0.2) is 4.39 Å². The average molecular weight is 382 g/mol. The molecule has 2 bridgehead atoms. The maximum atomic E-state index is 13.1. The van der Waals surface area contributed by atoms with E-state index >= 15 is 0 Å². The molecule has 4 rings (SSSR count). The molecule has 2 saturated heterocycles. The molecule has 4 nitrogen and oxygen atoms in total. The number of fused-ring (bicyclic) bond motifs is 2. The number of hydrogen-bond acceptors (Lipinski definition) is 3. The van der Waals surface area contributed by atoms with Gasteiger partial charge in [-0.3, -0.25) is 9.69 Å². The SMILES string of the molecule is COc1ccc(CN2[C@H]3CCC[C@H]2CC(NC(=O)c2ccc(F)cc2)C3)cc1. The third kappa shape index (κ3) is 4.20. The fraction of sp³-hybridized carbons (Fsp3) is 0.435. The first-order valence-corrected chi connectivity index (χ1v) is 10.1. The molecule has 5 heteroatoms. The normalized spacial score (nSPS) is 24.6. The molecule has 0 aliphatic carbocycles. The molecular weight excluding hydrogens is 355 g/mol. The molecule has 28 heavy (non-hydrogen) atoms. The maximum Gasteiger partial charge on any atom is 0.251 e. The van der Waals surface area contributed by atoms with Crippen LogP contribution in [0.25, 0.3) is 0 Å². The summed E-state index contributed by atoms with van der Waals surface area (Å²) in [5.74, 6) is 0.454. The summed E-state index contributed by atoms with van der Waals surface area (Å²) < 4.78 is 18.3. The summed E-state index contributed by atoms with van der Waals surface area (Å²) in [5.41, 5.74) is 1.82. The first-order valence-electron chi connectivity index (χ1n) is 10.1. The zero-order chi connectivity index (χ0) is 19.5. The van der Waals surface area contributed by atoms with E-state index in [4.69, 9.17) is 4.74 Å². The molecule has 1 amide bonds. The molecule has 2 aromatic carbocycles. The van der Waals surface area contributed by atoms with Gasteiger partial charge in [0.05, 0.1) is 7.11 Å². The molecule has 0 unspecified atom stereocenters. The molecule has 2 aromatic rings. The Morgan fingerprint density at radius 3 is 2.32 bits per heavy atom. The van der Waals surface area contributed by atoms with E-state index in [0.29, 0.717) is 17.6 Å². The summed E-state index contributed by atoms with van der Waals surface area (Å²) in [6.07, 6.45) is 5.55. The molecule has 0 saturated carbocycles. The number of rotatable bonds is 5. The van der Waals surface area contributed by atoms with Crippen molar-refractivity contribution >= 4 is 5.91 Å². The lowest BCUT2D eigenvalue weighted by Crippen LogP contribution is -2.56. The van der Waals surface area contributed by atoms with Gasteiger partial charge < -0.3 is 10.1 Å². The molecule has 0 radical (unpaired) electrons. The number of methoxy groups -OCH3 is 1. The number of hydrogen-bond donors (Lipinski definition) is 1. The van der Waals surface area contributed by atoms with E-state index in [2.05, 4.69) is 22.3 Å². The van der Waals surface area contributed by atoms with Gasteiger partial charge in [0.15, 0.2) is 0 Å². The van der Waals surface area contributed by atoms with Gasteiger partial charge in [-0.2, -0.15) is 0 Å². The molecule has 0 spiro atoms. The molecule has 2 fully saturated rings. The number of nitrogens with one attached hydrogen (secondary N) is 1. The van der Waals surface area contributed by atoms with Crippen molar-refractivity contribution in [2.75, 3.05) is 7.11 Å². The predicted molar refractivity (Wildman–Crippen MR) is 107 cm³/mol. The van der Waals surface area contributed by atoms with Crippen LogP contribution in [-0.4, -0.2) is 36.0 Å². The summed E-state index contributed by atoms with van der Waals surface area (Å²) in [7, 11) is 1.68. The number of amides is 1. The Morgan fingerprint density at radius 2 is 1.71 bits per heavy atom. The number of piperidine rings is 2. The van der Waals surface area contributed by atoms with Crippen molar-refractivity contribution in [1.82, 2.24) is 10.2 Å². The van der Waals surface area contributed by atoms with Crippen molar-refractivity contribution in [3.05, 3.63) is 65.5 Å². The lowest BCUT2D eigenvalue weighted by Gasteiger charge is -2.49. The molecule has 1 N–H and O–H groups in total. The van der Waals surface area contributed by atoms with Gasteiger partial charge in [-0.1, -0.05) is 18.6 Å². The number of ether oxygens (including phenoxy) is 1. The topological polar surface area (TPSA) is 41.6 Å². The quantitative estimate of drug-likeness (QED) is 0.845. The van der Waals surface area contributed by atoms with Gasteiger partial charge in [0.1, 0.15) is 11.6 Å². The number of nitrogens with zero attached hydrogens (tertiary/aromatic N) is 1. The molecule has 148 valence electrons. The zero-order valence-corrected chi connectivity index (χ0v) is 16.2. The summed E-state index contributed by atoms with van der Waals surface area (Å²) in [6, 6.07) is 15.2. The second kappa shape index (κ2) is 8.31. The van der Waals surface area contributed by atoms with Crippen molar-refractivity contribution in [2.45, 2.75) is 56.8 Å². The van der Waals surface area contributed by atoms with Crippen LogP contribution < -0.4 is 10.1 Å². The number of benzene rings is 2. The lowest BCUT2D eigenvalue weighted by molar-refractivity contribution is 0.0177. The highest BCUT2D eigenvalue weighted by Crippen LogP contribution is 2.35. The number of halogens is 1. The zero-order valence-electron chi connectivity index (χ0n) is 16.2. The van der Waals surface area contributed by atoms with Crippen LogP contribution in [0.3, 0.4) is 0 Å². The van der Waals surface area contributed by atoms with Crippen molar-refractivity contribution in [3.63, 3.8) is 0 Å². The van der Waals surface area contributed by atoms with Crippen molar-refractivity contribution in [3.8, 4) is 5.75 Å².